The number of nitrogens with one attached hydrogen (secondary N) is 2. The lowest BCUT2D eigenvalue weighted by molar-refractivity contribution is -0.117. The third kappa shape index (κ3) is 22.7. The fourth-order valence-electron chi connectivity index (χ4n) is 3.26. The molecule has 0 atom stereocenters. The normalized spacial score (nSPS) is 11.4. The molecule has 174 valence electrons. The number of unbranched alkanes of at least 4 members (excludes halogenated alkanes) is 13. The van der Waals surface area contributed by atoms with Crippen LogP contribution in [0.4, 0.5) is 0 Å². The first-order valence-electron chi connectivity index (χ1n) is 12.6. The zero-order chi connectivity index (χ0) is 22.1. The topological polar surface area (TPSA) is 58.2 Å². The molecular formula is C26H48N2O2. The lowest BCUT2D eigenvalue weighted by Crippen LogP contribution is -2.25. The Hall–Kier alpha value is -1.58. The number of hydrogen-bond acceptors (Lipinski definition) is 2. The van der Waals surface area contributed by atoms with E-state index in [0.29, 0.717) is 13.1 Å². The predicted molar refractivity (Wildman–Crippen MR) is 130 cm³/mol. The first-order valence-corrected chi connectivity index (χ1v) is 12.6. The van der Waals surface area contributed by atoms with Crippen LogP contribution < -0.4 is 10.6 Å². The molecule has 0 radical (unpaired) electrons. The van der Waals surface area contributed by atoms with E-state index in [4.69, 9.17) is 0 Å². The Morgan fingerprint density at radius 1 is 0.533 bits per heavy atom. The van der Waals surface area contributed by atoms with Gasteiger partial charge in [-0.3, -0.25) is 9.59 Å². The molecule has 0 aliphatic rings. The lowest BCUT2D eigenvalue weighted by Gasteiger charge is -2.04. The van der Waals surface area contributed by atoms with Gasteiger partial charge >= 0.3 is 0 Å². The molecule has 2 N–H and O–H groups in total. The van der Waals surface area contributed by atoms with Gasteiger partial charge in [-0.25, -0.2) is 0 Å². The molecule has 4 nitrogen and oxygen atoms in total. The van der Waals surface area contributed by atoms with E-state index in [1.54, 1.807) is 12.2 Å². The maximum atomic E-state index is 11.7. The molecule has 30 heavy (non-hydrogen) atoms. The highest BCUT2D eigenvalue weighted by atomic mass is 16.2. The number of carbonyl (C=O) groups is 2. The first-order chi connectivity index (χ1) is 14.7. The Kier molecular flexibility index (Phi) is 22.4. The van der Waals surface area contributed by atoms with Crippen LogP contribution in [-0.2, 0) is 9.59 Å². The van der Waals surface area contributed by atoms with Crippen LogP contribution in [0.2, 0.25) is 0 Å². The second-order valence-corrected chi connectivity index (χ2v) is 8.21. The Bertz CT molecular complexity index is 416. The van der Waals surface area contributed by atoms with Crippen LogP contribution in [-0.4, -0.2) is 24.9 Å². The molecule has 0 saturated heterocycles. The number of amides is 2. The minimum Gasteiger partial charge on any atom is -0.353 e. The highest BCUT2D eigenvalue weighted by Crippen LogP contribution is 2.07. The molecule has 2 amide bonds. The van der Waals surface area contributed by atoms with E-state index in [1.807, 2.05) is 12.2 Å². The van der Waals surface area contributed by atoms with E-state index in [2.05, 4.69) is 24.5 Å². The quantitative estimate of drug-likeness (QED) is 0.162. The average Bonchev–Trinajstić information content (AvgIpc) is 2.74. The highest BCUT2D eigenvalue weighted by Gasteiger charge is 1.97. The third-order valence-electron chi connectivity index (χ3n) is 5.19. The smallest absolute Gasteiger partial charge is 0.243 e. The van der Waals surface area contributed by atoms with Crippen LogP contribution in [0.1, 0.15) is 117 Å². The van der Waals surface area contributed by atoms with Crippen molar-refractivity contribution in [2.24, 2.45) is 0 Å². The van der Waals surface area contributed by atoms with Gasteiger partial charge in [0.1, 0.15) is 0 Å². The van der Waals surface area contributed by atoms with Crippen molar-refractivity contribution in [3.63, 3.8) is 0 Å². The predicted octanol–water partition coefficient (Wildman–Crippen LogP) is 6.61. The number of allylic oxidation sites excluding steroid dienone is 2. The summed E-state index contributed by atoms with van der Waals surface area (Å²) < 4.78 is 0. The summed E-state index contributed by atoms with van der Waals surface area (Å²) in [6.45, 7) is 5.77. The molecule has 0 aromatic rings. The standard InChI is InChI=1S/C26H48N2O2/c1-3-5-7-9-11-13-15-17-21-25(29)27-23-19-20-24-28-26(30)22-18-16-14-12-10-8-6-4-2/h17-18,21-22H,3-16,19-20,23-24H2,1-2H3,(H,27,29)(H,28,30). The van der Waals surface area contributed by atoms with Crippen molar-refractivity contribution in [2.75, 3.05) is 13.1 Å². The fraction of sp³-hybridized carbons (Fsp3) is 0.769. The summed E-state index contributed by atoms with van der Waals surface area (Å²) in [5.74, 6) is -0.0229. The van der Waals surface area contributed by atoms with Crippen LogP contribution in [0.25, 0.3) is 0 Å². The van der Waals surface area contributed by atoms with E-state index in [-0.39, 0.29) is 11.8 Å². The fourth-order valence-corrected chi connectivity index (χ4v) is 3.26. The van der Waals surface area contributed by atoms with Gasteiger partial charge in [0, 0.05) is 13.1 Å². The van der Waals surface area contributed by atoms with Gasteiger partial charge < -0.3 is 10.6 Å². The Labute approximate surface area is 186 Å². The largest absolute Gasteiger partial charge is 0.353 e. The maximum Gasteiger partial charge on any atom is 0.243 e. The van der Waals surface area contributed by atoms with Gasteiger partial charge in [0.25, 0.3) is 0 Å². The summed E-state index contributed by atoms with van der Waals surface area (Å²) in [6.07, 6.45) is 26.3. The molecule has 0 saturated carbocycles. The average molecular weight is 421 g/mol. The van der Waals surface area contributed by atoms with Crippen LogP contribution >= 0.6 is 0 Å². The summed E-state index contributed by atoms with van der Waals surface area (Å²) in [6, 6.07) is 0. The van der Waals surface area contributed by atoms with Crippen molar-refractivity contribution in [2.45, 2.75) is 117 Å². The molecule has 4 heteroatoms. The minimum absolute atomic E-state index is 0.0114. The third-order valence-corrected chi connectivity index (χ3v) is 5.19. The van der Waals surface area contributed by atoms with E-state index in [0.717, 1.165) is 25.7 Å². The molecule has 0 spiro atoms. The molecule has 0 unspecified atom stereocenters. The Balaban J connectivity index is 3.44. The van der Waals surface area contributed by atoms with E-state index in [9.17, 15) is 9.59 Å². The van der Waals surface area contributed by atoms with Crippen molar-refractivity contribution in [3.8, 4) is 0 Å². The van der Waals surface area contributed by atoms with Crippen molar-refractivity contribution in [1.29, 1.82) is 0 Å². The van der Waals surface area contributed by atoms with Crippen molar-refractivity contribution in [1.82, 2.24) is 10.6 Å². The van der Waals surface area contributed by atoms with Gasteiger partial charge in [-0.1, -0.05) is 90.2 Å². The van der Waals surface area contributed by atoms with E-state index in [1.165, 1.54) is 77.0 Å². The number of rotatable bonds is 21. The Morgan fingerprint density at radius 2 is 0.900 bits per heavy atom. The van der Waals surface area contributed by atoms with Crippen LogP contribution in [0.15, 0.2) is 24.3 Å². The summed E-state index contributed by atoms with van der Waals surface area (Å²) >= 11 is 0. The molecule has 0 aromatic heterocycles. The molecular weight excluding hydrogens is 372 g/mol. The summed E-state index contributed by atoms with van der Waals surface area (Å²) in [7, 11) is 0. The second kappa shape index (κ2) is 23.7. The lowest BCUT2D eigenvalue weighted by atomic mass is 10.1. The maximum absolute atomic E-state index is 11.7. The summed E-state index contributed by atoms with van der Waals surface area (Å²) in [4.78, 5) is 23.5. The molecule has 0 aliphatic heterocycles. The second-order valence-electron chi connectivity index (χ2n) is 8.21. The summed E-state index contributed by atoms with van der Waals surface area (Å²) in [5, 5.41) is 5.81. The van der Waals surface area contributed by atoms with E-state index >= 15 is 0 Å². The molecule has 0 aromatic carbocycles. The van der Waals surface area contributed by atoms with E-state index < -0.39 is 0 Å². The van der Waals surface area contributed by atoms with Gasteiger partial charge in [0.05, 0.1) is 0 Å². The van der Waals surface area contributed by atoms with Gasteiger partial charge in [0.15, 0.2) is 0 Å². The van der Waals surface area contributed by atoms with Crippen molar-refractivity contribution < 1.29 is 9.59 Å². The van der Waals surface area contributed by atoms with Crippen LogP contribution in [0.3, 0.4) is 0 Å². The number of carbonyl (C=O) groups excluding carboxylic acids is 2. The van der Waals surface area contributed by atoms with Gasteiger partial charge in [0.2, 0.25) is 11.8 Å². The Morgan fingerprint density at radius 3 is 1.30 bits per heavy atom. The highest BCUT2D eigenvalue weighted by molar-refractivity contribution is 5.87. The molecule has 0 aliphatic carbocycles. The van der Waals surface area contributed by atoms with Crippen LogP contribution in [0, 0.1) is 0 Å². The monoisotopic (exact) mass is 420 g/mol. The van der Waals surface area contributed by atoms with Crippen LogP contribution in [0.5, 0.6) is 0 Å². The zero-order valence-corrected chi connectivity index (χ0v) is 19.9. The minimum atomic E-state index is -0.0114. The van der Waals surface area contributed by atoms with Gasteiger partial charge in [-0.15, -0.1) is 0 Å². The zero-order valence-electron chi connectivity index (χ0n) is 19.9. The molecule has 0 heterocycles. The molecule has 0 rings (SSSR count). The van der Waals surface area contributed by atoms with Gasteiger partial charge in [-0.05, 0) is 50.7 Å². The molecule has 0 fully saturated rings. The van der Waals surface area contributed by atoms with Crippen molar-refractivity contribution in [3.05, 3.63) is 24.3 Å². The number of hydrogen-bond donors (Lipinski definition) is 2. The summed E-state index contributed by atoms with van der Waals surface area (Å²) in [5.41, 5.74) is 0. The SMILES string of the molecule is CCCCCCCCC=CC(=O)NCCCCNC(=O)C=CCCCCCCCC. The first kappa shape index (κ1) is 28.4. The van der Waals surface area contributed by atoms with Crippen molar-refractivity contribution >= 4 is 11.8 Å². The van der Waals surface area contributed by atoms with Gasteiger partial charge in [-0.2, -0.15) is 0 Å². The molecule has 0 bridgehead atoms.